The molecule has 0 saturated carbocycles. The van der Waals surface area contributed by atoms with Crippen molar-refractivity contribution in [1.82, 2.24) is 4.57 Å². The van der Waals surface area contributed by atoms with Crippen LogP contribution in [0.2, 0.25) is 0 Å². The number of benzene rings is 2. The van der Waals surface area contributed by atoms with Gasteiger partial charge in [0.15, 0.2) is 4.80 Å². The zero-order chi connectivity index (χ0) is 24.4. The lowest BCUT2D eigenvalue weighted by molar-refractivity contribution is -0.138. The number of hydrogen-bond donors (Lipinski definition) is 0. The number of esters is 1. The van der Waals surface area contributed by atoms with E-state index in [0.29, 0.717) is 31.9 Å². The van der Waals surface area contributed by atoms with Crippen molar-refractivity contribution in [3.63, 3.8) is 0 Å². The van der Waals surface area contributed by atoms with Gasteiger partial charge in [-0.1, -0.05) is 65.9 Å². The van der Waals surface area contributed by atoms with E-state index in [-0.39, 0.29) is 12.2 Å². The number of thiophene rings is 1. The van der Waals surface area contributed by atoms with Crippen LogP contribution in [-0.4, -0.2) is 24.3 Å². The van der Waals surface area contributed by atoms with E-state index in [1.807, 2.05) is 78.2 Å². The van der Waals surface area contributed by atoms with E-state index in [1.54, 1.807) is 29.9 Å². The molecule has 4 aromatic rings. The Morgan fingerprint density at radius 2 is 1.86 bits per heavy atom. The molecule has 8 heteroatoms. The van der Waals surface area contributed by atoms with Crippen LogP contribution < -0.4 is 19.6 Å². The van der Waals surface area contributed by atoms with Crippen LogP contribution in [0.3, 0.4) is 0 Å². The Kier molecular flexibility index (Phi) is 6.48. The summed E-state index contributed by atoms with van der Waals surface area (Å²) in [6.07, 6.45) is 1.87. The van der Waals surface area contributed by atoms with Crippen LogP contribution in [-0.2, 0) is 9.53 Å². The molecule has 0 amide bonds. The van der Waals surface area contributed by atoms with Crippen LogP contribution in [0.4, 0.5) is 0 Å². The fourth-order valence-corrected chi connectivity index (χ4v) is 5.85. The molecule has 0 unspecified atom stereocenters. The highest BCUT2D eigenvalue weighted by atomic mass is 32.1. The highest BCUT2D eigenvalue weighted by Gasteiger charge is 2.36. The van der Waals surface area contributed by atoms with Gasteiger partial charge in [-0.3, -0.25) is 9.36 Å². The van der Waals surface area contributed by atoms with E-state index in [1.165, 1.54) is 11.3 Å². The molecule has 35 heavy (non-hydrogen) atoms. The second-order valence-corrected chi connectivity index (χ2v) is 9.68. The Balaban J connectivity index is 1.88. The van der Waals surface area contributed by atoms with Gasteiger partial charge in [0.1, 0.15) is 11.8 Å². The fraction of sp³-hybridized carbons (Fsp3) is 0.148. The number of aromatic nitrogens is 1. The molecule has 0 bridgehead atoms. The van der Waals surface area contributed by atoms with Gasteiger partial charge in [0.05, 0.1) is 29.5 Å². The van der Waals surface area contributed by atoms with E-state index in [2.05, 4.69) is 0 Å². The number of fused-ring (bicyclic) bond motifs is 1. The van der Waals surface area contributed by atoms with Crippen LogP contribution in [0.15, 0.2) is 87.5 Å². The van der Waals surface area contributed by atoms with Gasteiger partial charge < -0.3 is 9.47 Å². The summed E-state index contributed by atoms with van der Waals surface area (Å²) in [5.41, 5.74) is 2.03. The lowest BCUT2D eigenvalue weighted by atomic mass is 9.92. The molecule has 2 aromatic heterocycles. The molecule has 5 rings (SSSR count). The van der Waals surface area contributed by atoms with E-state index >= 15 is 0 Å². The molecule has 6 nitrogen and oxygen atoms in total. The lowest BCUT2D eigenvalue weighted by Gasteiger charge is -2.27. The minimum atomic E-state index is -0.762. The standard InChI is InChI=1S/C27H22N2O4S2/c1-3-33-26(31)22-23(17-10-5-4-6-11-17)28-27-29(24(22)19-13-7-8-14-20(19)32-2)25(30)21(35-27)16-18-12-9-15-34-18/h4-16,24H,3H2,1-2H3/b21-16-/t24-/m1/s1. The zero-order valence-corrected chi connectivity index (χ0v) is 20.8. The highest BCUT2D eigenvalue weighted by molar-refractivity contribution is 7.11. The average molecular weight is 503 g/mol. The minimum Gasteiger partial charge on any atom is -0.496 e. The van der Waals surface area contributed by atoms with Crippen molar-refractivity contribution in [1.29, 1.82) is 0 Å². The second-order valence-electron chi connectivity index (χ2n) is 7.69. The van der Waals surface area contributed by atoms with Gasteiger partial charge in [0.25, 0.3) is 5.56 Å². The van der Waals surface area contributed by atoms with E-state index < -0.39 is 12.0 Å². The number of ether oxygens (including phenoxy) is 2. The van der Waals surface area contributed by atoms with Crippen molar-refractivity contribution < 1.29 is 14.3 Å². The van der Waals surface area contributed by atoms with Crippen LogP contribution in [0.25, 0.3) is 11.8 Å². The summed E-state index contributed by atoms with van der Waals surface area (Å²) < 4.78 is 13.3. The molecule has 1 aliphatic rings. The quantitative estimate of drug-likeness (QED) is 0.374. The highest BCUT2D eigenvalue weighted by Crippen LogP contribution is 2.38. The number of hydrogen-bond acceptors (Lipinski definition) is 7. The van der Waals surface area contributed by atoms with Crippen molar-refractivity contribution in [2.45, 2.75) is 13.0 Å². The third kappa shape index (κ3) is 4.26. The maximum atomic E-state index is 13.8. The Hall–Kier alpha value is -3.75. The normalized spacial score (nSPS) is 15.5. The summed E-state index contributed by atoms with van der Waals surface area (Å²) in [5.74, 6) is 0.0555. The van der Waals surface area contributed by atoms with E-state index in [9.17, 15) is 9.59 Å². The van der Waals surface area contributed by atoms with Crippen molar-refractivity contribution in [3.05, 3.63) is 113 Å². The molecule has 0 saturated heterocycles. The third-order valence-corrected chi connectivity index (χ3v) is 7.43. The molecule has 0 spiro atoms. The number of thiazole rings is 1. The number of methoxy groups -OCH3 is 1. The van der Waals surface area contributed by atoms with Gasteiger partial charge >= 0.3 is 5.97 Å². The number of para-hydroxylation sites is 1. The van der Waals surface area contributed by atoms with Crippen molar-refractivity contribution in [2.75, 3.05) is 13.7 Å². The zero-order valence-electron chi connectivity index (χ0n) is 19.1. The number of carbonyl (C=O) groups is 1. The Morgan fingerprint density at radius 3 is 2.57 bits per heavy atom. The first-order valence-electron chi connectivity index (χ1n) is 11.1. The summed E-state index contributed by atoms with van der Waals surface area (Å²) in [5, 5.41) is 1.97. The Morgan fingerprint density at radius 1 is 1.09 bits per heavy atom. The molecule has 3 heterocycles. The van der Waals surface area contributed by atoms with Crippen LogP contribution in [0, 0.1) is 0 Å². The predicted molar refractivity (Wildman–Crippen MR) is 138 cm³/mol. The van der Waals surface area contributed by atoms with E-state index in [0.717, 1.165) is 10.4 Å². The Bertz CT molecular complexity index is 1580. The van der Waals surface area contributed by atoms with Crippen molar-refractivity contribution in [3.8, 4) is 5.75 Å². The SMILES string of the molecule is CCOC(=O)C1=C(c2ccccc2)N=c2s/c(=C\c3cccs3)c(=O)n2[C@@H]1c1ccccc1OC. The van der Waals surface area contributed by atoms with Crippen LogP contribution in [0.5, 0.6) is 5.75 Å². The molecule has 1 aliphatic heterocycles. The molecular formula is C27H22N2O4S2. The summed E-state index contributed by atoms with van der Waals surface area (Å²) in [7, 11) is 1.57. The molecule has 2 aromatic carbocycles. The topological polar surface area (TPSA) is 69.9 Å². The van der Waals surface area contributed by atoms with Gasteiger partial charge in [0.2, 0.25) is 0 Å². The lowest BCUT2D eigenvalue weighted by Crippen LogP contribution is -2.40. The van der Waals surface area contributed by atoms with Gasteiger partial charge in [-0.15, -0.1) is 11.3 Å². The Labute approximate surface area is 209 Å². The molecular weight excluding hydrogens is 480 g/mol. The molecule has 1 atom stereocenters. The minimum absolute atomic E-state index is 0.200. The van der Waals surface area contributed by atoms with E-state index in [4.69, 9.17) is 14.5 Å². The fourth-order valence-electron chi connectivity index (χ4n) is 4.13. The monoisotopic (exact) mass is 502 g/mol. The van der Waals surface area contributed by atoms with Gasteiger partial charge in [-0.2, -0.15) is 0 Å². The van der Waals surface area contributed by atoms with Gasteiger partial charge in [-0.05, 0) is 30.5 Å². The van der Waals surface area contributed by atoms with Crippen molar-refractivity contribution in [2.24, 2.45) is 4.99 Å². The molecule has 0 N–H and O–H groups in total. The van der Waals surface area contributed by atoms with Crippen LogP contribution >= 0.6 is 22.7 Å². The molecule has 0 aliphatic carbocycles. The third-order valence-electron chi connectivity index (χ3n) is 5.62. The predicted octanol–water partition coefficient (Wildman–Crippen LogP) is 4.01. The molecule has 0 fully saturated rings. The largest absolute Gasteiger partial charge is 0.496 e. The number of nitrogens with zero attached hydrogens (tertiary/aromatic N) is 2. The first-order valence-corrected chi connectivity index (χ1v) is 12.8. The summed E-state index contributed by atoms with van der Waals surface area (Å²) >= 11 is 2.86. The number of rotatable bonds is 6. The number of carbonyl (C=O) groups excluding carboxylic acids is 1. The van der Waals surface area contributed by atoms with Crippen LogP contribution in [0.1, 0.15) is 29.0 Å². The molecule has 0 radical (unpaired) electrons. The maximum absolute atomic E-state index is 13.8. The first-order chi connectivity index (χ1) is 17.1. The second kappa shape index (κ2) is 9.85. The summed E-state index contributed by atoms with van der Waals surface area (Å²) in [6, 6.07) is 20.0. The first kappa shape index (κ1) is 23.0. The van der Waals surface area contributed by atoms with Gasteiger partial charge in [0, 0.05) is 16.0 Å². The smallest absolute Gasteiger partial charge is 0.338 e. The summed E-state index contributed by atoms with van der Waals surface area (Å²) in [6.45, 7) is 1.96. The van der Waals surface area contributed by atoms with Gasteiger partial charge in [-0.25, -0.2) is 9.79 Å². The maximum Gasteiger partial charge on any atom is 0.338 e. The molecule has 176 valence electrons. The summed E-state index contributed by atoms with van der Waals surface area (Å²) in [4.78, 5) is 33.5. The van der Waals surface area contributed by atoms with Crippen molar-refractivity contribution >= 4 is 40.4 Å². The average Bonchev–Trinajstić information content (AvgIpc) is 3.51.